The van der Waals surface area contributed by atoms with Crippen molar-refractivity contribution >= 4 is 10.8 Å². The van der Waals surface area contributed by atoms with Crippen molar-refractivity contribution in [2.75, 3.05) is 24.7 Å². The van der Waals surface area contributed by atoms with Crippen LogP contribution in [0, 0.1) is 6.92 Å². The molecule has 0 radical (unpaired) electrons. The van der Waals surface area contributed by atoms with Gasteiger partial charge in [-0.1, -0.05) is 17.7 Å². The third-order valence-electron chi connectivity index (χ3n) is 3.49. The number of hydrogen-bond acceptors (Lipinski definition) is 4. The molecule has 0 saturated carbocycles. The third kappa shape index (κ3) is 5.23. The molecule has 5 heteroatoms. The topological polar surface area (TPSA) is 58.6 Å². The van der Waals surface area contributed by atoms with Gasteiger partial charge in [-0.3, -0.25) is 4.21 Å². The van der Waals surface area contributed by atoms with Crippen LogP contribution in [0.5, 0.6) is 5.75 Å². The number of benzene rings is 1. The van der Waals surface area contributed by atoms with Crippen molar-refractivity contribution in [2.24, 2.45) is 0 Å². The van der Waals surface area contributed by atoms with Gasteiger partial charge in [0.05, 0.1) is 0 Å². The molecule has 1 saturated heterocycles. The van der Waals surface area contributed by atoms with Crippen LogP contribution in [-0.2, 0) is 10.8 Å². The van der Waals surface area contributed by atoms with Gasteiger partial charge in [-0.25, -0.2) is 0 Å². The second-order valence-corrected chi connectivity index (χ2v) is 7.00. The molecule has 0 aliphatic carbocycles. The first-order valence-corrected chi connectivity index (χ1v) is 8.58. The van der Waals surface area contributed by atoms with E-state index < -0.39 is 16.9 Å². The number of aliphatic hydroxyl groups excluding tert-OH is 1. The van der Waals surface area contributed by atoms with E-state index in [1.807, 2.05) is 31.2 Å². The van der Waals surface area contributed by atoms with E-state index in [4.69, 9.17) is 4.74 Å². The van der Waals surface area contributed by atoms with Gasteiger partial charge in [-0.05, 0) is 31.9 Å². The van der Waals surface area contributed by atoms with E-state index in [-0.39, 0.29) is 6.61 Å². The molecule has 0 amide bonds. The molecule has 1 atom stereocenters. The van der Waals surface area contributed by atoms with E-state index in [1.54, 1.807) is 0 Å². The Bertz CT molecular complexity index is 425. The largest absolute Gasteiger partial charge is 0.491 e. The van der Waals surface area contributed by atoms with Crippen molar-refractivity contribution in [3.05, 3.63) is 29.8 Å². The van der Waals surface area contributed by atoms with Gasteiger partial charge in [0.1, 0.15) is 18.5 Å². The summed E-state index contributed by atoms with van der Waals surface area (Å²) in [5.74, 6) is 2.32. The maximum absolute atomic E-state index is 11.2. The fraction of sp³-hybridized carbons (Fsp3) is 0.600. The predicted molar refractivity (Wildman–Crippen MR) is 81.6 cm³/mol. The number of nitrogens with one attached hydrogen (secondary N) is 1. The van der Waals surface area contributed by atoms with Crippen molar-refractivity contribution in [1.82, 2.24) is 5.32 Å². The van der Waals surface area contributed by atoms with E-state index >= 15 is 0 Å². The molecule has 1 aromatic rings. The number of ether oxygens (including phenoxy) is 1. The van der Waals surface area contributed by atoms with Gasteiger partial charge < -0.3 is 15.2 Å². The van der Waals surface area contributed by atoms with Gasteiger partial charge >= 0.3 is 0 Å². The first-order chi connectivity index (χ1) is 9.63. The lowest BCUT2D eigenvalue weighted by Crippen LogP contribution is -2.41. The minimum atomic E-state index is -0.633. The van der Waals surface area contributed by atoms with E-state index in [9.17, 15) is 9.32 Å². The molecule has 0 bridgehead atoms. The van der Waals surface area contributed by atoms with Gasteiger partial charge in [0.25, 0.3) is 0 Å². The third-order valence-corrected chi connectivity index (χ3v) is 4.88. The first-order valence-electron chi connectivity index (χ1n) is 7.09. The summed E-state index contributed by atoms with van der Waals surface area (Å²) >= 11 is 0. The van der Waals surface area contributed by atoms with Crippen LogP contribution in [0.4, 0.5) is 0 Å². The van der Waals surface area contributed by atoms with Crippen LogP contribution in [0.3, 0.4) is 0 Å². The summed E-state index contributed by atoms with van der Waals surface area (Å²) in [6, 6.07) is 8.17. The Morgan fingerprint density at radius 2 is 2.00 bits per heavy atom. The van der Waals surface area contributed by atoms with Gasteiger partial charge in [0, 0.05) is 34.9 Å². The standard InChI is InChI=1S/C15H23NO3S/c1-12-2-4-15(5-3-12)19-11-14(17)10-16-13-6-8-20(18)9-7-13/h2-5,13-14,16-17H,6-11H2,1H3. The summed E-state index contributed by atoms with van der Waals surface area (Å²) in [7, 11) is -0.633. The van der Waals surface area contributed by atoms with Crippen molar-refractivity contribution < 1.29 is 14.1 Å². The van der Waals surface area contributed by atoms with E-state index in [1.165, 1.54) is 5.56 Å². The number of rotatable bonds is 6. The van der Waals surface area contributed by atoms with E-state index in [2.05, 4.69) is 5.32 Å². The monoisotopic (exact) mass is 297 g/mol. The van der Waals surface area contributed by atoms with Crippen LogP contribution >= 0.6 is 0 Å². The molecule has 1 heterocycles. The minimum Gasteiger partial charge on any atom is -0.491 e. The second kappa shape index (κ2) is 7.76. The summed E-state index contributed by atoms with van der Waals surface area (Å²) in [5, 5.41) is 13.2. The maximum Gasteiger partial charge on any atom is 0.119 e. The summed E-state index contributed by atoms with van der Waals surface area (Å²) in [6.07, 6.45) is 1.33. The highest BCUT2D eigenvalue weighted by molar-refractivity contribution is 7.85. The van der Waals surface area contributed by atoms with Crippen LogP contribution in [0.15, 0.2) is 24.3 Å². The summed E-state index contributed by atoms with van der Waals surface area (Å²) in [6.45, 7) is 2.83. The van der Waals surface area contributed by atoms with Crippen molar-refractivity contribution in [1.29, 1.82) is 0 Å². The Morgan fingerprint density at radius 3 is 2.65 bits per heavy atom. The Balaban J connectivity index is 1.64. The Morgan fingerprint density at radius 1 is 1.35 bits per heavy atom. The molecule has 1 aliphatic rings. The second-order valence-electron chi connectivity index (χ2n) is 5.31. The molecule has 1 fully saturated rings. The molecule has 112 valence electrons. The molecule has 0 spiro atoms. The van der Waals surface area contributed by atoms with Gasteiger partial charge in [-0.2, -0.15) is 0 Å². The average Bonchev–Trinajstić information content (AvgIpc) is 2.46. The molecule has 4 nitrogen and oxygen atoms in total. The van der Waals surface area contributed by atoms with Crippen LogP contribution in [0.2, 0.25) is 0 Å². The quantitative estimate of drug-likeness (QED) is 0.829. The lowest BCUT2D eigenvalue weighted by Gasteiger charge is -2.24. The van der Waals surface area contributed by atoms with E-state index in [0.717, 1.165) is 30.1 Å². The SMILES string of the molecule is Cc1ccc(OCC(O)CNC2CCS(=O)CC2)cc1. The predicted octanol–water partition coefficient (Wildman–Crippen LogP) is 1.24. The summed E-state index contributed by atoms with van der Waals surface area (Å²) in [4.78, 5) is 0. The van der Waals surface area contributed by atoms with Crippen LogP contribution in [0.1, 0.15) is 18.4 Å². The van der Waals surface area contributed by atoms with Crippen molar-refractivity contribution in [2.45, 2.75) is 31.9 Å². The number of aryl methyl sites for hydroxylation is 1. The van der Waals surface area contributed by atoms with Crippen molar-refractivity contribution in [3.63, 3.8) is 0 Å². The molecular formula is C15H23NO3S. The Labute approximate surface area is 123 Å². The fourth-order valence-electron chi connectivity index (χ4n) is 2.19. The number of hydrogen-bond donors (Lipinski definition) is 2. The highest BCUT2D eigenvalue weighted by Crippen LogP contribution is 2.12. The Hall–Kier alpha value is -0.910. The lowest BCUT2D eigenvalue weighted by atomic mass is 10.1. The van der Waals surface area contributed by atoms with Gasteiger partial charge in [-0.15, -0.1) is 0 Å². The molecule has 0 aromatic heterocycles. The van der Waals surface area contributed by atoms with Crippen LogP contribution in [-0.4, -0.2) is 46.1 Å². The summed E-state index contributed by atoms with van der Waals surface area (Å²) in [5.41, 5.74) is 1.19. The maximum atomic E-state index is 11.2. The zero-order chi connectivity index (χ0) is 14.4. The molecular weight excluding hydrogens is 274 g/mol. The smallest absolute Gasteiger partial charge is 0.119 e. The van der Waals surface area contributed by atoms with Gasteiger partial charge in [0.2, 0.25) is 0 Å². The van der Waals surface area contributed by atoms with Crippen LogP contribution in [0.25, 0.3) is 0 Å². The van der Waals surface area contributed by atoms with Crippen molar-refractivity contribution in [3.8, 4) is 5.75 Å². The zero-order valence-electron chi connectivity index (χ0n) is 11.9. The molecule has 1 aromatic carbocycles. The van der Waals surface area contributed by atoms with E-state index in [0.29, 0.717) is 12.6 Å². The Kier molecular flexibility index (Phi) is 6.01. The fourth-order valence-corrected chi connectivity index (χ4v) is 3.49. The summed E-state index contributed by atoms with van der Waals surface area (Å²) < 4.78 is 16.8. The zero-order valence-corrected chi connectivity index (χ0v) is 12.7. The lowest BCUT2D eigenvalue weighted by molar-refractivity contribution is 0.103. The average molecular weight is 297 g/mol. The molecule has 20 heavy (non-hydrogen) atoms. The molecule has 1 aliphatic heterocycles. The molecule has 2 rings (SSSR count). The normalized spacial score (nSPS) is 24.3. The highest BCUT2D eigenvalue weighted by Gasteiger charge is 2.18. The van der Waals surface area contributed by atoms with Crippen LogP contribution < -0.4 is 10.1 Å². The highest BCUT2D eigenvalue weighted by atomic mass is 32.2. The van der Waals surface area contributed by atoms with Gasteiger partial charge in [0.15, 0.2) is 0 Å². The molecule has 1 unspecified atom stereocenters. The molecule has 2 N–H and O–H groups in total. The minimum absolute atomic E-state index is 0.286. The number of aliphatic hydroxyl groups is 1. The first kappa shape index (κ1) is 15.5.